The predicted octanol–water partition coefficient (Wildman–Crippen LogP) is 1.51. The molecule has 0 aliphatic carbocycles. The number of anilines is 1. The van der Waals surface area contributed by atoms with Crippen LogP contribution in [0.15, 0.2) is 10.7 Å². The Morgan fingerprint density at radius 1 is 1.53 bits per heavy atom. The van der Waals surface area contributed by atoms with E-state index in [1.165, 1.54) is 0 Å². The van der Waals surface area contributed by atoms with Crippen molar-refractivity contribution in [3.05, 3.63) is 16.5 Å². The van der Waals surface area contributed by atoms with E-state index in [0.29, 0.717) is 12.4 Å². The summed E-state index contributed by atoms with van der Waals surface area (Å²) in [4.78, 5) is 21.9. The Balaban J connectivity index is 2.91. The summed E-state index contributed by atoms with van der Waals surface area (Å²) < 4.78 is 0.734. The number of aromatic nitrogens is 2. The van der Waals surface area contributed by atoms with E-state index in [1.54, 1.807) is 7.05 Å². The zero-order chi connectivity index (χ0) is 12.8. The molecule has 0 radical (unpaired) electrons. The molecule has 1 aromatic rings. The molecule has 0 bridgehead atoms. The third kappa shape index (κ3) is 4.30. The molecule has 1 heterocycles. The van der Waals surface area contributed by atoms with Crippen LogP contribution in [0.5, 0.6) is 0 Å². The lowest BCUT2D eigenvalue weighted by Gasteiger charge is -2.22. The van der Waals surface area contributed by atoms with Crippen molar-refractivity contribution in [2.75, 3.05) is 25.0 Å². The Labute approximate surface area is 110 Å². The number of rotatable bonds is 5. The second-order valence-electron chi connectivity index (χ2n) is 3.69. The molecule has 5 nitrogen and oxygen atoms in total. The summed E-state index contributed by atoms with van der Waals surface area (Å²) in [5, 5.41) is 2.62. The van der Waals surface area contributed by atoms with Gasteiger partial charge in [0, 0.05) is 19.7 Å². The highest BCUT2D eigenvalue weighted by molar-refractivity contribution is 9.10. The predicted molar refractivity (Wildman–Crippen MR) is 71.0 cm³/mol. The summed E-state index contributed by atoms with van der Waals surface area (Å²) in [6.45, 7) is 5.00. The van der Waals surface area contributed by atoms with E-state index >= 15 is 0 Å². The quantitative estimate of drug-likeness (QED) is 0.838. The monoisotopic (exact) mass is 300 g/mol. The van der Waals surface area contributed by atoms with Crippen LogP contribution >= 0.6 is 15.9 Å². The van der Waals surface area contributed by atoms with Crippen molar-refractivity contribution in [1.29, 1.82) is 0 Å². The topological polar surface area (TPSA) is 58.1 Å². The molecule has 0 saturated heterocycles. The van der Waals surface area contributed by atoms with Crippen LogP contribution in [0.1, 0.15) is 19.2 Å². The van der Waals surface area contributed by atoms with Crippen molar-refractivity contribution in [2.45, 2.75) is 20.3 Å². The number of hydrogen-bond acceptors (Lipinski definition) is 4. The first kappa shape index (κ1) is 13.9. The fourth-order valence-corrected chi connectivity index (χ4v) is 1.94. The molecule has 1 amide bonds. The van der Waals surface area contributed by atoms with Gasteiger partial charge < -0.3 is 10.2 Å². The smallest absolute Gasteiger partial charge is 0.239 e. The number of likely N-dealkylation sites (N-methyl/N-ethyl adjacent to an activating group) is 1. The van der Waals surface area contributed by atoms with Gasteiger partial charge in [-0.25, -0.2) is 9.97 Å². The van der Waals surface area contributed by atoms with Gasteiger partial charge in [0.15, 0.2) is 0 Å². The third-order valence-corrected chi connectivity index (χ3v) is 2.63. The number of nitrogens with one attached hydrogen (secondary N) is 1. The van der Waals surface area contributed by atoms with Crippen molar-refractivity contribution in [2.24, 2.45) is 0 Å². The van der Waals surface area contributed by atoms with Gasteiger partial charge in [-0.3, -0.25) is 4.79 Å². The maximum atomic E-state index is 11.4. The SMILES string of the molecule is CCCN(CC(=O)NC)c1cc(Br)nc(C)n1. The molecular formula is C11H17BrN4O. The van der Waals surface area contributed by atoms with Gasteiger partial charge in [0.25, 0.3) is 0 Å². The second-order valence-corrected chi connectivity index (χ2v) is 4.50. The van der Waals surface area contributed by atoms with Crippen LogP contribution in [0.25, 0.3) is 0 Å². The molecule has 0 spiro atoms. The van der Waals surface area contributed by atoms with Crippen LogP contribution in [0.3, 0.4) is 0 Å². The number of aryl methyl sites for hydroxylation is 1. The lowest BCUT2D eigenvalue weighted by Crippen LogP contribution is -2.36. The van der Waals surface area contributed by atoms with Crippen molar-refractivity contribution in [3.8, 4) is 0 Å². The van der Waals surface area contributed by atoms with Crippen LogP contribution < -0.4 is 10.2 Å². The first-order valence-corrected chi connectivity index (χ1v) is 6.32. The van der Waals surface area contributed by atoms with Gasteiger partial charge in [-0.05, 0) is 29.3 Å². The Bertz CT molecular complexity index is 377. The zero-order valence-corrected chi connectivity index (χ0v) is 11.9. The van der Waals surface area contributed by atoms with Crippen LogP contribution in [-0.4, -0.2) is 36.0 Å². The van der Waals surface area contributed by atoms with Crippen molar-refractivity contribution in [3.63, 3.8) is 0 Å². The molecule has 0 atom stereocenters. The van der Waals surface area contributed by atoms with E-state index < -0.39 is 0 Å². The highest BCUT2D eigenvalue weighted by atomic mass is 79.9. The Morgan fingerprint density at radius 3 is 2.76 bits per heavy atom. The lowest BCUT2D eigenvalue weighted by atomic mass is 10.3. The summed E-state index contributed by atoms with van der Waals surface area (Å²) in [7, 11) is 1.63. The molecule has 6 heteroatoms. The number of hydrogen-bond donors (Lipinski definition) is 1. The van der Waals surface area contributed by atoms with Gasteiger partial charge in [-0.2, -0.15) is 0 Å². The zero-order valence-electron chi connectivity index (χ0n) is 10.3. The third-order valence-electron chi connectivity index (χ3n) is 2.22. The van der Waals surface area contributed by atoms with E-state index in [0.717, 1.165) is 23.4 Å². The molecule has 17 heavy (non-hydrogen) atoms. The summed E-state index contributed by atoms with van der Waals surface area (Å²) in [5.41, 5.74) is 0. The summed E-state index contributed by atoms with van der Waals surface area (Å²) in [5.74, 6) is 1.44. The Morgan fingerprint density at radius 2 is 2.24 bits per heavy atom. The molecule has 1 N–H and O–H groups in total. The number of amides is 1. The molecule has 0 fully saturated rings. The summed E-state index contributed by atoms with van der Waals surface area (Å²) >= 11 is 3.34. The molecular weight excluding hydrogens is 284 g/mol. The average Bonchev–Trinajstić information content (AvgIpc) is 2.27. The van der Waals surface area contributed by atoms with Crippen LogP contribution in [0.4, 0.5) is 5.82 Å². The minimum absolute atomic E-state index is 0.0224. The largest absolute Gasteiger partial charge is 0.358 e. The number of nitrogens with zero attached hydrogens (tertiary/aromatic N) is 3. The Hall–Kier alpha value is -1.17. The fraction of sp³-hybridized carbons (Fsp3) is 0.545. The highest BCUT2D eigenvalue weighted by Crippen LogP contribution is 2.16. The first-order valence-electron chi connectivity index (χ1n) is 5.53. The molecule has 0 unspecified atom stereocenters. The van der Waals surface area contributed by atoms with E-state index in [2.05, 4.69) is 38.1 Å². The van der Waals surface area contributed by atoms with Gasteiger partial charge in [-0.15, -0.1) is 0 Å². The summed E-state index contributed by atoms with van der Waals surface area (Å²) in [6, 6.07) is 1.82. The number of carbonyl (C=O) groups is 1. The molecule has 0 aliphatic heterocycles. The van der Waals surface area contributed by atoms with Crippen LogP contribution in [-0.2, 0) is 4.79 Å². The van der Waals surface area contributed by atoms with E-state index in [4.69, 9.17) is 0 Å². The van der Waals surface area contributed by atoms with Gasteiger partial charge in [0.05, 0.1) is 6.54 Å². The maximum Gasteiger partial charge on any atom is 0.239 e. The average molecular weight is 301 g/mol. The second kappa shape index (κ2) is 6.54. The minimum atomic E-state index is -0.0224. The number of carbonyl (C=O) groups excluding carboxylic acids is 1. The molecule has 0 saturated carbocycles. The maximum absolute atomic E-state index is 11.4. The van der Waals surface area contributed by atoms with E-state index in [9.17, 15) is 4.79 Å². The van der Waals surface area contributed by atoms with Crippen LogP contribution in [0, 0.1) is 6.92 Å². The van der Waals surface area contributed by atoms with Crippen molar-refractivity contribution >= 4 is 27.7 Å². The van der Waals surface area contributed by atoms with Crippen molar-refractivity contribution in [1.82, 2.24) is 15.3 Å². The van der Waals surface area contributed by atoms with E-state index in [1.807, 2.05) is 17.9 Å². The fourth-order valence-electron chi connectivity index (χ4n) is 1.48. The van der Waals surface area contributed by atoms with Gasteiger partial charge in [0.2, 0.25) is 5.91 Å². The van der Waals surface area contributed by atoms with Gasteiger partial charge >= 0.3 is 0 Å². The molecule has 1 rings (SSSR count). The van der Waals surface area contributed by atoms with Crippen LogP contribution in [0.2, 0.25) is 0 Å². The lowest BCUT2D eigenvalue weighted by molar-refractivity contribution is -0.119. The molecule has 1 aromatic heterocycles. The van der Waals surface area contributed by atoms with Crippen molar-refractivity contribution < 1.29 is 4.79 Å². The molecule has 0 aliphatic rings. The van der Waals surface area contributed by atoms with E-state index in [-0.39, 0.29) is 5.91 Å². The Kier molecular flexibility index (Phi) is 5.34. The first-order chi connectivity index (χ1) is 8.06. The molecule has 0 aromatic carbocycles. The number of halogens is 1. The summed E-state index contributed by atoms with van der Waals surface area (Å²) in [6.07, 6.45) is 0.956. The normalized spacial score (nSPS) is 10.1. The minimum Gasteiger partial charge on any atom is -0.358 e. The van der Waals surface area contributed by atoms with Gasteiger partial charge in [0.1, 0.15) is 16.2 Å². The highest BCUT2D eigenvalue weighted by Gasteiger charge is 2.12. The standard InChI is InChI=1S/C11H17BrN4O/c1-4-5-16(7-11(17)13-3)10-6-9(12)14-8(2)15-10/h6H,4-5,7H2,1-3H3,(H,13,17). The van der Waals surface area contributed by atoms with Gasteiger partial charge in [-0.1, -0.05) is 6.92 Å². The molecule has 94 valence electrons.